The van der Waals surface area contributed by atoms with Gasteiger partial charge in [0.05, 0.1) is 12.3 Å². The second-order valence-electron chi connectivity index (χ2n) is 8.67. The molecule has 2 aromatic rings. The molecular weight excluding hydrogens is 392 g/mol. The van der Waals surface area contributed by atoms with Gasteiger partial charge in [0, 0.05) is 6.61 Å². The molecule has 31 heavy (non-hydrogen) atoms. The van der Waals surface area contributed by atoms with Crippen molar-refractivity contribution in [3.63, 3.8) is 0 Å². The van der Waals surface area contributed by atoms with E-state index in [1.54, 1.807) is 27.7 Å². The summed E-state index contributed by atoms with van der Waals surface area (Å²) in [4.78, 5) is 25.0. The topological polar surface area (TPSA) is 61.8 Å². The quantitative estimate of drug-likeness (QED) is 0.512. The number of esters is 2. The predicted molar refractivity (Wildman–Crippen MR) is 120 cm³/mol. The molecule has 0 spiro atoms. The van der Waals surface area contributed by atoms with E-state index in [-0.39, 0.29) is 6.42 Å². The Morgan fingerprint density at radius 2 is 1.35 bits per heavy atom. The highest BCUT2D eigenvalue weighted by atomic mass is 16.6. The summed E-state index contributed by atoms with van der Waals surface area (Å²) in [6.07, 6.45) is -0.674. The minimum atomic E-state index is -0.974. The lowest BCUT2D eigenvalue weighted by Gasteiger charge is -2.39. The summed E-state index contributed by atoms with van der Waals surface area (Å²) in [6, 6.07) is 19.5. The van der Waals surface area contributed by atoms with Crippen LogP contribution < -0.4 is 0 Å². The third kappa shape index (κ3) is 6.41. The lowest BCUT2D eigenvalue weighted by atomic mass is 9.81. The molecule has 0 saturated carbocycles. The van der Waals surface area contributed by atoms with E-state index in [2.05, 4.69) is 0 Å². The fourth-order valence-electron chi connectivity index (χ4n) is 3.61. The van der Waals surface area contributed by atoms with Crippen molar-refractivity contribution in [3.8, 4) is 0 Å². The second-order valence-corrected chi connectivity index (χ2v) is 8.67. The fraction of sp³-hybridized carbons (Fsp3) is 0.462. The molecular formula is C26H34O5. The highest BCUT2D eigenvalue weighted by Gasteiger charge is 2.43. The molecule has 0 bridgehead atoms. The molecule has 2 atom stereocenters. The van der Waals surface area contributed by atoms with Crippen molar-refractivity contribution in [1.29, 1.82) is 0 Å². The first-order valence-corrected chi connectivity index (χ1v) is 10.8. The van der Waals surface area contributed by atoms with E-state index in [9.17, 15) is 9.59 Å². The Morgan fingerprint density at radius 1 is 0.871 bits per heavy atom. The van der Waals surface area contributed by atoms with E-state index >= 15 is 0 Å². The molecule has 0 unspecified atom stereocenters. The third-order valence-electron chi connectivity index (χ3n) is 4.94. The number of ether oxygens (including phenoxy) is 3. The van der Waals surface area contributed by atoms with Crippen molar-refractivity contribution in [2.45, 2.75) is 65.3 Å². The van der Waals surface area contributed by atoms with Gasteiger partial charge in [0.15, 0.2) is 5.60 Å². The van der Waals surface area contributed by atoms with Crippen molar-refractivity contribution in [1.82, 2.24) is 0 Å². The first-order valence-electron chi connectivity index (χ1n) is 10.8. The van der Waals surface area contributed by atoms with Crippen LogP contribution >= 0.6 is 0 Å². The molecule has 0 aromatic heterocycles. The first-order chi connectivity index (χ1) is 14.6. The van der Waals surface area contributed by atoms with Crippen molar-refractivity contribution in [2.75, 3.05) is 6.61 Å². The first kappa shape index (κ1) is 24.6. The van der Waals surface area contributed by atoms with Gasteiger partial charge in [0.25, 0.3) is 0 Å². The average molecular weight is 427 g/mol. The molecule has 0 aliphatic carbocycles. The summed E-state index contributed by atoms with van der Waals surface area (Å²) >= 11 is 0. The maximum absolute atomic E-state index is 12.9. The van der Waals surface area contributed by atoms with E-state index in [0.717, 1.165) is 11.1 Å². The molecule has 0 aliphatic rings. The van der Waals surface area contributed by atoms with Crippen LogP contribution in [-0.4, -0.2) is 30.3 Å². The molecule has 0 saturated heterocycles. The van der Waals surface area contributed by atoms with Crippen molar-refractivity contribution in [3.05, 3.63) is 71.8 Å². The van der Waals surface area contributed by atoms with Crippen LogP contribution in [0.5, 0.6) is 0 Å². The van der Waals surface area contributed by atoms with E-state index in [4.69, 9.17) is 14.2 Å². The fourth-order valence-corrected chi connectivity index (χ4v) is 3.61. The van der Waals surface area contributed by atoms with Gasteiger partial charge in [-0.25, -0.2) is 0 Å². The SMILES string of the molecule is CCOC(c1ccccc1)(c1ccccc1)[C@H](C)OC(=O)[C@H](C)CC(=O)OC(C)(C)C. The number of carbonyl (C=O) groups is 2. The van der Waals surface area contributed by atoms with E-state index < -0.39 is 35.2 Å². The number of carbonyl (C=O) groups excluding carboxylic acids is 2. The monoisotopic (exact) mass is 426 g/mol. The standard InChI is InChI=1S/C26H34O5/c1-7-29-26(21-14-10-8-11-15-21,22-16-12-9-13-17-22)20(3)30-24(28)19(2)18-23(27)31-25(4,5)6/h8-17,19-20H,7,18H2,1-6H3/t19-,20+/m1/s1. The highest BCUT2D eigenvalue weighted by Crippen LogP contribution is 2.39. The number of rotatable bonds is 9. The molecule has 168 valence electrons. The third-order valence-corrected chi connectivity index (χ3v) is 4.94. The van der Waals surface area contributed by atoms with Crippen LogP contribution in [-0.2, 0) is 29.4 Å². The summed E-state index contributed by atoms with van der Waals surface area (Å²) in [5, 5.41) is 0. The average Bonchev–Trinajstić information content (AvgIpc) is 2.71. The van der Waals surface area contributed by atoms with Gasteiger partial charge in [0.2, 0.25) is 0 Å². The van der Waals surface area contributed by atoms with Crippen LogP contribution in [0.15, 0.2) is 60.7 Å². The molecule has 0 radical (unpaired) electrons. The zero-order valence-corrected chi connectivity index (χ0v) is 19.4. The molecule has 0 fully saturated rings. The molecule has 0 heterocycles. The van der Waals surface area contributed by atoms with Gasteiger partial charge in [0.1, 0.15) is 11.7 Å². The zero-order chi connectivity index (χ0) is 23.1. The molecule has 2 rings (SSSR count). The summed E-state index contributed by atoms with van der Waals surface area (Å²) in [5.41, 5.74) is 0.211. The second kappa shape index (κ2) is 10.6. The van der Waals surface area contributed by atoms with Crippen LogP contribution in [0.1, 0.15) is 59.1 Å². The minimum Gasteiger partial charge on any atom is -0.460 e. The van der Waals surface area contributed by atoms with E-state index in [0.29, 0.717) is 6.61 Å². The largest absolute Gasteiger partial charge is 0.460 e. The molecule has 2 aromatic carbocycles. The number of benzene rings is 2. The van der Waals surface area contributed by atoms with Gasteiger partial charge < -0.3 is 14.2 Å². The summed E-state index contributed by atoms with van der Waals surface area (Å²) < 4.78 is 17.6. The Balaban J connectivity index is 2.30. The van der Waals surface area contributed by atoms with Crippen LogP contribution in [0.4, 0.5) is 0 Å². The summed E-state index contributed by atoms with van der Waals surface area (Å²) in [5.74, 6) is -1.52. The molecule has 5 nitrogen and oxygen atoms in total. The van der Waals surface area contributed by atoms with Gasteiger partial charge in [-0.15, -0.1) is 0 Å². The molecule has 0 amide bonds. The normalized spacial score (nSPS) is 13.9. The molecule has 0 N–H and O–H groups in total. The summed E-state index contributed by atoms with van der Waals surface area (Å²) in [6.45, 7) is 11.2. The van der Waals surface area contributed by atoms with Crippen LogP contribution in [0.2, 0.25) is 0 Å². The van der Waals surface area contributed by atoms with Crippen molar-refractivity contribution in [2.24, 2.45) is 5.92 Å². The number of hydrogen-bond donors (Lipinski definition) is 0. The van der Waals surface area contributed by atoms with Gasteiger partial charge in [-0.2, -0.15) is 0 Å². The number of hydrogen-bond acceptors (Lipinski definition) is 5. The maximum atomic E-state index is 12.9. The summed E-state index contributed by atoms with van der Waals surface area (Å²) in [7, 11) is 0. The van der Waals surface area contributed by atoms with Crippen molar-refractivity contribution < 1.29 is 23.8 Å². The Morgan fingerprint density at radius 3 is 1.77 bits per heavy atom. The van der Waals surface area contributed by atoms with Crippen LogP contribution in [0.25, 0.3) is 0 Å². The van der Waals surface area contributed by atoms with Crippen molar-refractivity contribution >= 4 is 11.9 Å². The smallest absolute Gasteiger partial charge is 0.309 e. The van der Waals surface area contributed by atoms with E-state index in [1.807, 2.05) is 74.5 Å². The lowest BCUT2D eigenvalue weighted by Crippen LogP contribution is -2.45. The molecule has 5 heteroatoms. The van der Waals surface area contributed by atoms with Gasteiger partial charge in [-0.3, -0.25) is 9.59 Å². The van der Waals surface area contributed by atoms with Crippen LogP contribution in [0.3, 0.4) is 0 Å². The van der Waals surface area contributed by atoms with Crippen LogP contribution in [0, 0.1) is 5.92 Å². The van der Waals surface area contributed by atoms with Gasteiger partial charge in [-0.1, -0.05) is 67.6 Å². The lowest BCUT2D eigenvalue weighted by molar-refractivity contribution is -0.174. The van der Waals surface area contributed by atoms with E-state index in [1.165, 1.54) is 0 Å². The zero-order valence-electron chi connectivity index (χ0n) is 19.4. The Bertz CT molecular complexity index is 800. The van der Waals surface area contributed by atoms with Gasteiger partial charge in [-0.05, 0) is 45.7 Å². The van der Waals surface area contributed by atoms with Gasteiger partial charge >= 0.3 is 11.9 Å². The maximum Gasteiger partial charge on any atom is 0.309 e. The Hall–Kier alpha value is -2.66. The highest BCUT2D eigenvalue weighted by molar-refractivity contribution is 5.80. The Labute approximate surface area is 185 Å². The Kier molecular flexibility index (Phi) is 8.40. The predicted octanol–water partition coefficient (Wildman–Crippen LogP) is 5.27. The minimum absolute atomic E-state index is 0.0405. The molecule has 0 aliphatic heterocycles.